The highest BCUT2D eigenvalue weighted by Gasteiger charge is 2.29. The van der Waals surface area contributed by atoms with Crippen molar-refractivity contribution < 1.29 is 25.3 Å². The standard InChI is InChI=1S/C9H14O6S4/c1-4-18(12,13)7-6-8(19(14,15)5-2)16-9(7)17(3,10)11/h6H,4-5H2,1-3H3. The van der Waals surface area contributed by atoms with Gasteiger partial charge in [-0.2, -0.15) is 0 Å². The monoisotopic (exact) mass is 346 g/mol. The molecule has 0 aliphatic heterocycles. The molecule has 19 heavy (non-hydrogen) atoms. The Hall–Kier alpha value is -0.450. The third-order valence-electron chi connectivity index (χ3n) is 2.38. The lowest BCUT2D eigenvalue weighted by Crippen LogP contribution is -2.07. The fraction of sp³-hybridized carbons (Fsp3) is 0.556. The van der Waals surface area contributed by atoms with E-state index in [-0.39, 0.29) is 15.7 Å². The van der Waals surface area contributed by atoms with Crippen LogP contribution in [0.1, 0.15) is 13.8 Å². The summed E-state index contributed by atoms with van der Waals surface area (Å²) in [5.74, 6) is -0.514. The van der Waals surface area contributed by atoms with Gasteiger partial charge in [-0.15, -0.1) is 11.3 Å². The zero-order chi connectivity index (χ0) is 15.1. The Morgan fingerprint density at radius 3 is 1.79 bits per heavy atom. The maximum atomic E-state index is 11.8. The first-order chi connectivity index (χ1) is 8.45. The Morgan fingerprint density at radius 1 is 0.947 bits per heavy atom. The van der Waals surface area contributed by atoms with E-state index < -0.39 is 38.6 Å². The Bertz CT molecular complexity index is 780. The number of hydrogen-bond donors (Lipinski definition) is 0. The highest BCUT2D eigenvalue weighted by molar-refractivity contribution is 7.97. The molecule has 1 heterocycles. The quantitative estimate of drug-likeness (QED) is 0.779. The van der Waals surface area contributed by atoms with Gasteiger partial charge in [-0.25, -0.2) is 25.3 Å². The first kappa shape index (κ1) is 16.6. The number of sulfone groups is 3. The Morgan fingerprint density at radius 2 is 1.42 bits per heavy atom. The number of hydrogen-bond acceptors (Lipinski definition) is 7. The van der Waals surface area contributed by atoms with E-state index in [0.717, 1.165) is 12.3 Å². The number of rotatable bonds is 5. The van der Waals surface area contributed by atoms with Gasteiger partial charge in [0.15, 0.2) is 29.5 Å². The summed E-state index contributed by atoms with van der Waals surface area (Å²) in [5.41, 5.74) is 0. The van der Waals surface area contributed by atoms with Crippen molar-refractivity contribution >= 4 is 40.8 Å². The molecule has 1 rings (SSSR count). The van der Waals surface area contributed by atoms with E-state index in [0.29, 0.717) is 11.3 Å². The minimum Gasteiger partial charge on any atom is -0.224 e. The van der Waals surface area contributed by atoms with Crippen molar-refractivity contribution in [1.82, 2.24) is 0 Å². The first-order valence-electron chi connectivity index (χ1n) is 5.25. The molecule has 0 N–H and O–H groups in total. The summed E-state index contributed by atoms with van der Waals surface area (Å²) in [4.78, 5) is -0.422. The van der Waals surface area contributed by atoms with Crippen molar-refractivity contribution in [2.24, 2.45) is 0 Å². The molecule has 110 valence electrons. The van der Waals surface area contributed by atoms with Crippen LogP contribution in [-0.4, -0.2) is 43.0 Å². The molecule has 0 unspecified atom stereocenters. The lowest BCUT2D eigenvalue weighted by molar-refractivity contribution is 0.588. The van der Waals surface area contributed by atoms with Crippen LogP contribution in [0.15, 0.2) is 19.4 Å². The molecule has 0 aliphatic carbocycles. The highest BCUT2D eigenvalue weighted by Crippen LogP contribution is 2.34. The Kier molecular flexibility index (Phi) is 4.50. The summed E-state index contributed by atoms with van der Waals surface area (Å²) in [6.07, 6.45) is 0.857. The SMILES string of the molecule is CCS(=O)(=O)c1cc(S(=O)(=O)CC)c(S(C)(=O)=O)s1. The van der Waals surface area contributed by atoms with Gasteiger partial charge in [0, 0.05) is 6.26 Å². The second kappa shape index (κ2) is 5.15. The van der Waals surface area contributed by atoms with E-state index in [1.54, 1.807) is 0 Å². The molecule has 0 fully saturated rings. The third-order valence-corrected chi connectivity index (χ3v) is 9.67. The van der Waals surface area contributed by atoms with Gasteiger partial charge in [0.2, 0.25) is 0 Å². The smallest absolute Gasteiger partial charge is 0.187 e. The molecular weight excluding hydrogens is 332 g/mol. The van der Waals surface area contributed by atoms with Crippen LogP contribution in [0, 0.1) is 0 Å². The summed E-state index contributed by atoms with van der Waals surface area (Å²) in [6.45, 7) is 2.77. The Balaban J connectivity index is 3.75. The first-order valence-corrected chi connectivity index (χ1v) is 11.3. The van der Waals surface area contributed by atoms with Crippen molar-refractivity contribution in [2.75, 3.05) is 17.8 Å². The van der Waals surface area contributed by atoms with Crippen LogP contribution >= 0.6 is 11.3 Å². The van der Waals surface area contributed by atoms with Crippen LogP contribution in [0.4, 0.5) is 0 Å². The van der Waals surface area contributed by atoms with E-state index in [1.807, 2.05) is 0 Å². The summed E-state index contributed by atoms with van der Waals surface area (Å²) < 4.78 is 69.7. The van der Waals surface area contributed by atoms with E-state index in [2.05, 4.69) is 0 Å². The largest absolute Gasteiger partial charge is 0.224 e. The van der Waals surface area contributed by atoms with Crippen molar-refractivity contribution in [3.05, 3.63) is 6.07 Å². The van der Waals surface area contributed by atoms with Gasteiger partial charge in [0.1, 0.15) is 8.42 Å². The van der Waals surface area contributed by atoms with E-state index in [4.69, 9.17) is 0 Å². The van der Waals surface area contributed by atoms with Crippen LogP contribution in [0.5, 0.6) is 0 Å². The molecule has 10 heteroatoms. The molecule has 0 aliphatic rings. The third kappa shape index (κ3) is 3.36. The van der Waals surface area contributed by atoms with Crippen molar-refractivity contribution in [2.45, 2.75) is 27.2 Å². The van der Waals surface area contributed by atoms with Gasteiger partial charge in [-0.1, -0.05) is 13.8 Å². The molecule has 0 saturated carbocycles. The predicted octanol–water partition coefficient (Wildman–Crippen LogP) is 0.739. The van der Waals surface area contributed by atoms with Gasteiger partial charge in [-0.05, 0) is 6.07 Å². The van der Waals surface area contributed by atoms with Crippen LogP contribution in [0.3, 0.4) is 0 Å². The fourth-order valence-corrected chi connectivity index (χ4v) is 7.29. The average Bonchev–Trinajstić information content (AvgIpc) is 2.74. The molecule has 0 amide bonds. The molecule has 1 aromatic heterocycles. The Labute approximate surface area is 117 Å². The molecule has 0 saturated heterocycles. The van der Waals surface area contributed by atoms with Crippen LogP contribution < -0.4 is 0 Å². The predicted molar refractivity (Wildman–Crippen MR) is 72.9 cm³/mol. The maximum Gasteiger partial charge on any atom is 0.187 e. The molecular formula is C9H14O6S4. The summed E-state index contributed by atoms with van der Waals surface area (Å²) in [5, 5.41) is 0. The minimum atomic E-state index is -3.80. The van der Waals surface area contributed by atoms with Gasteiger partial charge in [0.05, 0.1) is 16.4 Å². The van der Waals surface area contributed by atoms with Gasteiger partial charge >= 0.3 is 0 Å². The van der Waals surface area contributed by atoms with E-state index in [1.165, 1.54) is 13.8 Å². The van der Waals surface area contributed by atoms with Gasteiger partial charge < -0.3 is 0 Å². The van der Waals surface area contributed by atoms with Crippen molar-refractivity contribution in [3.8, 4) is 0 Å². The summed E-state index contributed by atoms with van der Waals surface area (Å²) in [7, 11) is -11.2. The molecule has 0 radical (unpaired) electrons. The normalized spacial score (nSPS) is 13.6. The topological polar surface area (TPSA) is 102 Å². The summed E-state index contributed by atoms with van der Waals surface area (Å²) in [6, 6.07) is 0.943. The van der Waals surface area contributed by atoms with Crippen molar-refractivity contribution in [1.29, 1.82) is 0 Å². The van der Waals surface area contributed by atoms with Crippen LogP contribution in [0.25, 0.3) is 0 Å². The fourth-order valence-electron chi connectivity index (χ4n) is 1.26. The molecule has 0 atom stereocenters. The highest BCUT2D eigenvalue weighted by atomic mass is 32.3. The molecule has 0 spiro atoms. The lowest BCUT2D eigenvalue weighted by atomic mass is 10.7. The van der Waals surface area contributed by atoms with Gasteiger partial charge in [-0.3, -0.25) is 0 Å². The second-order valence-electron chi connectivity index (χ2n) is 3.80. The van der Waals surface area contributed by atoms with E-state index in [9.17, 15) is 25.3 Å². The maximum absolute atomic E-state index is 11.8. The zero-order valence-electron chi connectivity index (χ0n) is 10.6. The van der Waals surface area contributed by atoms with Crippen molar-refractivity contribution in [3.63, 3.8) is 0 Å². The molecule has 1 aromatic rings. The van der Waals surface area contributed by atoms with Crippen LogP contribution in [-0.2, 0) is 29.5 Å². The average molecular weight is 346 g/mol. The molecule has 6 nitrogen and oxygen atoms in total. The second-order valence-corrected chi connectivity index (χ2v) is 11.8. The number of thiophene rings is 1. The zero-order valence-corrected chi connectivity index (χ0v) is 13.8. The van der Waals surface area contributed by atoms with Gasteiger partial charge in [0.25, 0.3) is 0 Å². The molecule has 0 aromatic carbocycles. The minimum absolute atomic E-state index is 0.220. The molecule has 0 bridgehead atoms. The lowest BCUT2D eigenvalue weighted by Gasteiger charge is -2.00. The van der Waals surface area contributed by atoms with Crippen LogP contribution in [0.2, 0.25) is 0 Å². The van der Waals surface area contributed by atoms with E-state index >= 15 is 0 Å². The summed E-state index contributed by atoms with van der Waals surface area (Å²) >= 11 is 0.485.